The van der Waals surface area contributed by atoms with E-state index >= 15 is 0 Å². The Labute approximate surface area is 121 Å². The molecular formula is C16H15N3O2. The van der Waals surface area contributed by atoms with Crippen LogP contribution in [0.5, 0.6) is 5.75 Å². The van der Waals surface area contributed by atoms with Crippen LogP contribution in [0.1, 0.15) is 5.56 Å². The number of rotatable bonds is 3. The van der Waals surface area contributed by atoms with Crippen LogP contribution in [0.4, 0.5) is 5.69 Å². The topological polar surface area (TPSA) is 70.1 Å². The second-order valence-corrected chi connectivity index (χ2v) is 4.80. The van der Waals surface area contributed by atoms with Gasteiger partial charge in [-0.15, -0.1) is 0 Å². The Morgan fingerprint density at radius 3 is 2.86 bits per heavy atom. The van der Waals surface area contributed by atoms with Crippen molar-refractivity contribution in [1.29, 1.82) is 0 Å². The van der Waals surface area contributed by atoms with Crippen molar-refractivity contribution in [1.82, 2.24) is 9.78 Å². The fourth-order valence-electron chi connectivity index (χ4n) is 2.36. The van der Waals surface area contributed by atoms with Crippen molar-refractivity contribution in [2.75, 3.05) is 12.8 Å². The third-order valence-electron chi connectivity index (χ3n) is 3.32. The molecule has 0 atom stereocenters. The zero-order valence-electron chi connectivity index (χ0n) is 11.6. The highest BCUT2D eigenvalue weighted by atomic mass is 16.5. The maximum absolute atomic E-state index is 11.8. The zero-order valence-corrected chi connectivity index (χ0v) is 11.6. The maximum atomic E-state index is 11.8. The van der Waals surface area contributed by atoms with Crippen LogP contribution < -0.4 is 15.9 Å². The largest absolute Gasteiger partial charge is 0.497 e. The molecule has 5 heteroatoms. The smallest absolute Gasteiger partial charge is 0.207 e. The number of benzene rings is 2. The van der Waals surface area contributed by atoms with Crippen molar-refractivity contribution in [2.45, 2.75) is 6.54 Å². The van der Waals surface area contributed by atoms with Gasteiger partial charge < -0.3 is 10.5 Å². The first-order chi connectivity index (χ1) is 10.2. The molecule has 0 unspecified atom stereocenters. The summed E-state index contributed by atoms with van der Waals surface area (Å²) < 4.78 is 7.00. The molecule has 0 aliphatic carbocycles. The molecule has 106 valence electrons. The Hall–Kier alpha value is -2.82. The van der Waals surface area contributed by atoms with E-state index < -0.39 is 0 Å². The molecule has 0 saturated carbocycles. The summed E-state index contributed by atoms with van der Waals surface area (Å²) in [6.45, 7) is 0.516. The van der Waals surface area contributed by atoms with Gasteiger partial charge in [-0.25, -0.2) is 0 Å². The highest BCUT2D eigenvalue weighted by Gasteiger charge is 2.05. The molecule has 2 N–H and O–H groups in total. The number of ether oxygens (including phenoxy) is 1. The van der Waals surface area contributed by atoms with E-state index in [1.165, 1.54) is 6.20 Å². The summed E-state index contributed by atoms with van der Waals surface area (Å²) in [6.07, 6.45) is 1.34. The minimum absolute atomic E-state index is 0.0768. The van der Waals surface area contributed by atoms with Crippen LogP contribution in [0.3, 0.4) is 0 Å². The number of fused-ring (bicyclic) bond motifs is 1. The number of anilines is 1. The molecule has 0 aliphatic heterocycles. The highest BCUT2D eigenvalue weighted by Crippen LogP contribution is 2.20. The Bertz CT molecular complexity index is 856. The van der Waals surface area contributed by atoms with Crippen molar-refractivity contribution in [2.24, 2.45) is 0 Å². The van der Waals surface area contributed by atoms with Gasteiger partial charge in [-0.1, -0.05) is 12.1 Å². The molecule has 5 nitrogen and oxygen atoms in total. The molecule has 0 amide bonds. The zero-order chi connectivity index (χ0) is 14.8. The van der Waals surface area contributed by atoms with E-state index in [0.717, 1.165) is 11.1 Å². The second-order valence-electron chi connectivity index (χ2n) is 4.80. The first-order valence-electron chi connectivity index (χ1n) is 6.55. The van der Waals surface area contributed by atoms with Crippen LogP contribution in [0, 0.1) is 0 Å². The van der Waals surface area contributed by atoms with Gasteiger partial charge in [-0.2, -0.15) is 5.10 Å². The summed E-state index contributed by atoms with van der Waals surface area (Å²) in [5.41, 5.74) is 8.19. The molecule has 0 saturated heterocycles. The second kappa shape index (κ2) is 5.28. The molecule has 21 heavy (non-hydrogen) atoms. The van der Waals surface area contributed by atoms with Gasteiger partial charge in [0.05, 0.1) is 25.4 Å². The number of para-hydroxylation sites is 1. The fourth-order valence-corrected chi connectivity index (χ4v) is 2.36. The van der Waals surface area contributed by atoms with E-state index in [0.29, 0.717) is 23.4 Å². The van der Waals surface area contributed by atoms with Crippen LogP contribution in [0.25, 0.3) is 10.9 Å². The summed E-state index contributed by atoms with van der Waals surface area (Å²) in [6, 6.07) is 13.0. The van der Waals surface area contributed by atoms with Crippen molar-refractivity contribution < 1.29 is 4.74 Å². The number of hydrogen-bond acceptors (Lipinski definition) is 4. The van der Waals surface area contributed by atoms with Gasteiger partial charge in [0, 0.05) is 17.1 Å². The molecule has 1 aromatic heterocycles. The minimum atomic E-state index is -0.0768. The molecule has 0 fully saturated rings. The molecule has 3 aromatic rings. The quantitative estimate of drug-likeness (QED) is 0.746. The van der Waals surface area contributed by atoms with Crippen molar-refractivity contribution in [3.05, 3.63) is 64.4 Å². The standard InChI is InChI=1S/C16H15N3O2/c1-21-13-7-11(6-12(17)8-13)10-19-15-5-3-2-4-14(15)16(20)9-18-19/h2-9H,10,17H2,1H3. The lowest BCUT2D eigenvalue weighted by atomic mass is 10.1. The van der Waals surface area contributed by atoms with E-state index in [1.807, 2.05) is 30.3 Å². The molecule has 0 aliphatic rings. The van der Waals surface area contributed by atoms with Crippen LogP contribution in [-0.2, 0) is 6.54 Å². The number of nitrogens with two attached hydrogens (primary N) is 1. The Morgan fingerprint density at radius 2 is 2.05 bits per heavy atom. The van der Waals surface area contributed by atoms with E-state index in [1.54, 1.807) is 23.9 Å². The summed E-state index contributed by atoms with van der Waals surface area (Å²) in [4.78, 5) is 11.8. The van der Waals surface area contributed by atoms with E-state index in [2.05, 4.69) is 5.10 Å². The van der Waals surface area contributed by atoms with Crippen molar-refractivity contribution >= 4 is 16.6 Å². The highest BCUT2D eigenvalue weighted by molar-refractivity contribution is 5.78. The monoisotopic (exact) mass is 281 g/mol. The molecule has 0 radical (unpaired) electrons. The minimum Gasteiger partial charge on any atom is -0.497 e. The lowest BCUT2D eigenvalue weighted by Crippen LogP contribution is -2.13. The molecule has 2 aromatic carbocycles. The summed E-state index contributed by atoms with van der Waals surface area (Å²) in [5.74, 6) is 0.704. The number of aromatic nitrogens is 2. The summed E-state index contributed by atoms with van der Waals surface area (Å²) in [7, 11) is 1.60. The molecule has 3 rings (SSSR count). The lowest BCUT2D eigenvalue weighted by Gasteiger charge is -2.11. The average molecular weight is 281 g/mol. The van der Waals surface area contributed by atoms with E-state index in [-0.39, 0.29) is 5.43 Å². The summed E-state index contributed by atoms with van der Waals surface area (Å²) in [5, 5.41) is 4.87. The van der Waals surface area contributed by atoms with Gasteiger partial charge >= 0.3 is 0 Å². The lowest BCUT2D eigenvalue weighted by molar-refractivity contribution is 0.414. The first kappa shape index (κ1) is 13.2. The van der Waals surface area contributed by atoms with Crippen LogP contribution in [0.15, 0.2) is 53.5 Å². The number of nitrogens with zero attached hydrogens (tertiary/aromatic N) is 2. The van der Waals surface area contributed by atoms with E-state index in [9.17, 15) is 4.79 Å². The first-order valence-corrected chi connectivity index (χ1v) is 6.55. The third kappa shape index (κ3) is 2.58. The predicted molar refractivity (Wildman–Crippen MR) is 82.5 cm³/mol. The number of methoxy groups -OCH3 is 1. The predicted octanol–water partition coefficient (Wildman–Crippen LogP) is 2.04. The van der Waals surface area contributed by atoms with Gasteiger partial charge in [0.15, 0.2) is 0 Å². The van der Waals surface area contributed by atoms with Crippen LogP contribution in [-0.4, -0.2) is 16.9 Å². The molecule has 0 spiro atoms. The van der Waals surface area contributed by atoms with Gasteiger partial charge in [0.1, 0.15) is 5.75 Å². The Balaban J connectivity index is 2.08. The summed E-state index contributed by atoms with van der Waals surface area (Å²) >= 11 is 0. The molecular weight excluding hydrogens is 266 g/mol. The van der Waals surface area contributed by atoms with Gasteiger partial charge in [0.2, 0.25) is 5.43 Å². The molecule has 1 heterocycles. The van der Waals surface area contributed by atoms with Crippen LogP contribution in [0.2, 0.25) is 0 Å². The van der Waals surface area contributed by atoms with Crippen molar-refractivity contribution in [3.8, 4) is 5.75 Å². The molecule has 0 bridgehead atoms. The maximum Gasteiger partial charge on any atom is 0.207 e. The van der Waals surface area contributed by atoms with Crippen molar-refractivity contribution in [3.63, 3.8) is 0 Å². The van der Waals surface area contributed by atoms with Crippen LogP contribution >= 0.6 is 0 Å². The van der Waals surface area contributed by atoms with Gasteiger partial charge in [-0.05, 0) is 29.8 Å². The average Bonchev–Trinajstić information content (AvgIpc) is 2.50. The SMILES string of the molecule is COc1cc(N)cc(Cn2ncc(=O)c3ccccc32)c1. The third-order valence-corrected chi connectivity index (χ3v) is 3.32. The van der Waals surface area contributed by atoms with Gasteiger partial charge in [0.25, 0.3) is 0 Å². The Kier molecular flexibility index (Phi) is 3.31. The van der Waals surface area contributed by atoms with Gasteiger partial charge in [-0.3, -0.25) is 9.48 Å². The normalized spacial score (nSPS) is 10.7. The van der Waals surface area contributed by atoms with E-state index in [4.69, 9.17) is 10.5 Å². The number of hydrogen-bond donors (Lipinski definition) is 1. The number of nitrogen functional groups attached to an aromatic ring is 1. The Morgan fingerprint density at radius 1 is 1.24 bits per heavy atom. The fraction of sp³-hybridized carbons (Fsp3) is 0.125.